The number of halogens is 1. The quantitative estimate of drug-likeness (QED) is 0.720. The Kier molecular flexibility index (Phi) is 7.08. The molecule has 3 rings (SSSR count). The lowest BCUT2D eigenvalue weighted by Crippen LogP contribution is -2.38. The largest absolute Gasteiger partial charge is 0.494 e. The predicted octanol–water partition coefficient (Wildman–Crippen LogP) is 3.70. The minimum Gasteiger partial charge on any atom is -0.494 e. The molecular weight excluding hydrogens is 398 g/mol. The number of rotatable bonds is 5. The normalized spacial score (nSPS) is 13.7. The zero-order valence-electron chi connectivity index (χ0n) is 15.5. The van der Waals surface area contributed by atoms with Crippen LogP contribution in [0, 0.1) is 0 Å². The van der Waals surface area contributed by atoms with Crippen molar-refractivity contribution < 1.29 is 14.3 Å². The lowest BCUT2D eigenvalue weighted by atomic mass is 10.2. The Hall–Kier alpha value is -2.35. The number of hydrogen-bond acceptors (Lipinski definition) is 5. The Bertz CT molecular complexity index is 839. The minimum atomic E-state index is -0.296. The smallest absolute Gasteiger partial charge is 0.257 e. The molecule has 1 aliphatic heterocycles. The van der Waals surface area contributed by atoms with Gasteiger partial charge in [0.05, 0.1) is 31.2 Å². The Morgan fingerprint density at radius 1 is 1.21 bits per heavy atom. The average Bonchev–Trinajstić information content (AvgIpc) is 2.69. The van der Waals surface area contributed by atoms with Gasteiger partial charge in [-0.3, -0.25) is 10.1 Å². The maximum atomic E-state index is 12.4. The first-order valence-corrected chi connectivity index (χ1v) is 9.83. The summed E-state index contributed by atoms with van der Waals surface area (Å²) in [6, 6.07) is 12.5. The highest BCUT2D eigenvalue weighted by Crippen LogP contribution is 2.29. The van der Waals surface area contributed by atoms with Crippen LogP contribution in [-0.2, 0) is 4.74 Å². The number of benzene rings is 2. The number of hydrogen-bond donors (Lipinski definition) is 2. The summed E-state index contributed by atoms with van der Waals surface area (Å²) >= 11 is 11.5. The number of nitrogens with zero attached hydrogens (tertiary/aromatic N) is 1. The van der Waals surface area contributed by atoms with E-state index in [2.05, 4.69) is 15.5 Å². The van der Waals surface area contributed by atoms with Crippen molar-refractivity contribution in [2.45, 2.75) is 6.92 Å². The van der Waals surface area contributed by atoms with Crippen LogP contribution in [0.25, 0.3) is 0 Å². The zero-order chi connectivity index (χ0) is 19.9. The molecule has 28 heavy (non-hydrogen) atoms. The highest BCUT2D eigenvalue weighted by molar-refractivity contribution is 7.80. The molecule has 0 radical (unpaired) electrons. The van der Waals surface area contributed by atoms with Gasteiger partial charge in [-0.2, -0.15) is 0 Å². The van der Waals surface area contributed by atoms with E-state index in [9.17, 15) is 4.79 Å². The third kappa shape index (κ3) is 5.34. The molecule has 0 atom stereocenters. The van der Waals surface area contributed by atoms with Crippen molar-refractivity contribution in [2.24, 2.45) is 0 Å². The van der Waals surface area contributed by atoms with Gasteiger partial charge in [-0.15, -0.1) is 0 Å². The topological polar surface area (TPSA) is 62.8 Å². The molecule has 6 nitrogen and oxygen atoms in total. The van der Waals surface area contributed by atoms with Gasteiger partial charge in [-0.1, -0.05) is 11.6 Å². The molecule has 2 aromatic rings. The second-order valence-electron chi connectivity index (χ2n) is 6.13. The molecule has 148 valence electrons. The van der Waals surface area contributed by atoms with Gasteiger partial charge in [-0.25, -0.2) is 0 Å². The molecule has 0 unspecified atom stereocenters. The van der Waals surface area contributed by atoms with Gasteiger partial charge in [0.25, 0.3) is 5.91 Å². The summed E-state index contributed by atoms with van der Waals surface area (Å²) in [4.78, 5) is 14.6. The van der Waals surface area contributed by atoms with Crippen molar-refractivity contribution in [2.75, 3.05) is 43.1 Å². The number of morpholine rings is 1. The molecule has 1 amide bonds. The number of carbonyl (C=O) groups is 1. The van der Waals surface area contributed by atoms with Crippen LogP contribution in [0.2, 0.25) is 5.02 Å². The Morgan fingerprint density at radius 3 is 2.61 bits per heavy atom. The van der Waals surface area contributed by atoms with Gasteiger partial charge < -0.3 is 19.7 Å². The van der Waals surface area contributed by atoms with Gasteiger partial charge in [0.2, 0.25) is 0 Å². The van der Waals surface area contributed by atoms with Crippen LogP contribution in [0.15, 0.2) is 42.5 Å². The van der Waals surface area contributed by atoms with Crippen molar-refractivity contribution >= 4 is 46.2 Å². The molecule has 1 saturated heterocycles. The molecule has 1 aliphatic rings. The van der Waals surface area contributed by atoms with Crippen LogP contribution in [0.1, 0.15) is 17.3 Å². The lowest BCUT2D eigenvalue weighted by Gasteiger charge is -2.30. The van der Waals surface area contributed by atoms with Crippen LogP contribution in [0.5, 0.6) is 5.75 Å². The first-order valence-electron chi connectivity index (χ1n) is 9.04. The fourth-order valence-corrected chi connectivity index (χ4v) is 3.26. The minimum absolute atomic E-state index is 0.204. The highest BCUT2D eigenvalue weighted by Gasteiger charge is 2.16. The van der Waals surface area contributed by atoms with E-state index in [1.54, 1.807) is 30.3 Å². The molecule has 1 heterocycles. The summed E-state index contributed by atoms with van der Waals surface area (Å²) in [7, 11) is 0. The molecule has 0 saturated carbocycles. The first kappa shape index (κ1) is 20.4. The molecule has 2 N–H and O–H groups in total. The van der Waals surface area contributed by atoms with Crippen molar-refractivity contribution in [3.8, 4) is 5.75 Å². The molecule has 0 aromatic heterocycles. The van der Waals surface area contributed by atoms with Crippen LogP contribution in [0.4, 0.5) is 11.4 Å². The Balaban J connectivity index is 1.67. The van der Waals surface area contributed by atoms with Crippen LogP contribution < -0.4 is 20.3 Å². The number of carbonyl (C=O) groups excluding carboxylic acids is 1. The first-order chi connectivity index (χ1) is 13.6. The lowest BCUT2D eigenvalue weighted by molar-refractivity contribution is 0.0977. The number of thiocarbonyl (C=S) groups is 1. The van der Waals surface area contributed by atoms with Gasteiger partial charge in [0, 0.05) is 23.7 Å². The summed E-state index contributed by atoms with van der Waals surface area (Å²) in [5.74, 6) is 0.421. The fourth-order valence-electron chi connectivity index (χ4n) is 2.89. The summed E-state index contributed by atoms with van der Waals surface area (Å²) in [6.45, 7) is 5.38. The van der Waals surface area contributed by atoms with Crippen molar-refractivity contribution in [3.05, 3.63) is 53.1 Å². The van der Waals surface area contributed by atoms with E-state index >= 15 is 0 Å². The van der Waals surface area contributed by atoms with Gasteiger partial charge >= 0.3 is 0 Å². The fraction of sp³-hybridized carbons (Fsp3) is 0.300. The summed E-state index contributed by atoms with van der Waals surface area (Å²) in [5.41, 5.74) is 2.20. The van der Waals surface area contributed by atoms with E-state index in [-0.39, 0.29) is 11.0 Å². The third-order valence-corrected chi connectivity index (χ3v) is 4.65. The average molecular weight is 420 g/mol. The van der Waals surface area contributed by atoms with Gasteiger partial charge in [-0.05, 0) is 61.6 Å². The van der Waals surface area contributed by atoms with E-state index in [1.165, 1.54) is 0 Å². The van der Waals surface area contributed by atoms with Crippen molar-refractivity contribution in [1.82, 2.24) is 5.32 Å². The second kappa shape index (κ2) is 9.73. The maximum absolute atomic E-state index is 12.4. The molecule has 1 fully saturated rings. The van der Waals surface area contributed by atoms with E-state index in [0.29, 0.717) is 36.2 Å². The predicted molar refractivity (Wildman–Crippen MR) is 116 cm³/mol. The molecule has 2 aromatic carbocycles. The standard InChI is InChI=1S/C20H22ClN3O3S/c1-2-27-16-6-3-14(4-7-16)19(25)23-20(28)22-17-13-15(21)5-8-18(17)24-9-11-26-12-10-24/h3-8,13H,2,9-12H2,1H3,(H2,22,23,25,28). The molecule has 0 spiro atoms. The summed E-state index contributed by atoms with van der Waals surface area (Å²) in [5, 5.41) is 6.58. The second-order valence-corrected chi connectivity index (χ2v) is 6.97. The van der Waals surface area contributed by atoms with Crippen LogP contribution in [0.3, 0.4) is 0 Å². The molecule has 8 heteroatoms. The van der Waals surface area contributed by atoms with E-state index in [0.717, 1.165) is 24.5 Å². The highest BCUT2D eigenvalue weighted by atomic mass is 35.5. The number of amides is 1. The molecule has 0 bridgehead atoms. The summed E-state index contributed by atoms with van der Waals surface area (Å²) in [6.07, 6.45) is 0. The Labute approximate surface area is 174 Å². The van der Waals surface area contributed by atoms with E-state index < -0.39 is 0 Å². The van der Waals surface area contributed by atoms with Crippen LogP contribution in [-0.4, -0.2) is 43.9 Å². The number of anilines is 2. The number of ether oxygens (including phenoxy) is 2. The van der Waals surface area contributed by atoms with Gasteiger partial charge in [0.1, 0.15) is 5.75 Å². The zero-order valence-corrected chi connectivity index (χ0v) is 17.1. The summed E-state index contributed by atoms with van der Waals surface area (Å²) < 4.78 is 10.8. The van der Waals surface area contributed by atoms with Crippen molar-refractivity contribution in [1.29, 1.82) is 0 Å². The van der Waals surface area contributed by atoms with E-state index in [1.807, 2.05) is 19.1 Å². The third-order valence-electron chi connectivity index (χ3n) is 4.21. The SMILES string of the molecule is CCOc1ccc(C(=O)NC(=S)Nc2cc(Cl)ccc2N2CCOCC2)cc1. The molecule has 0 aliphatic carbocycles. The van der Waals surface area contributed by atoms with E-state index in [4.69, 9.17) is 33.3 Å². The monoisotopic (exact) mass is 419 g/mol. The Morgan fingerprint density at radius 2 is 1.93 bits per heavy atom. The van der Waals surface area contributed by atoms with Gasteiger partial charge in [0.15, 0.2) is 5.11 Å². The number of nitrogens with one attached hydrogen (secondary N) is 2. The molecular formula is C20H22ClN3O3S. The van der Waals surface area contributed by atoms with Crippen molar-refractivity contribution in [3.63, 3.8) is 0 Å². The maximum Gasteiger partial charge on any atom is 0.257 e. The van der Waals surface area contributed by atoms with Crippen LogP contribution >= 0.6 is 23.8 Å².